The molecule has 1 unspecified atom stereocenters. The van der Waals surface area contributed by atoms with E-state index in [9.17, 15) is 4.79 Å². The fraction of sp³-hybridized carbons (Fsp3) is 0.273. The van der Waals surface area contributed by atoms with Gasteiger partial charge in [0, 0.05) is 11.6 Å². The van der Waals surface area contributed by atoms with Crippen LogP contribution in [0.4, 0.5) is 5.95 Å². The smallest absolute Gasteiger partial charge is 0.251 e. The van der Waals surface area contributed by atoms with Gasteiger partial charge in [-0.2, -0.15) is 4.68 Å². The van der Waals surface area contributed by atoms with Gasteiger partial charge < -0.3 is 5.32 Å². The van der Waals surface area contributed by atoms with Crippen LogP contribution in [0.15, 0.2) is 60.7 Å². The molecule has 0 spiro atoms. The average Bonchev–Trinajstić information content (AvgIpc) is 3.24. The van der Waals surface area contributed by atoms with E-state index in [-0.39, 0.29) is 18.5 Å². The number of carbonyl (C=O) groups excluding carboxylic acids is 1. The van der Waals surface area contributed by atoms with Crippen LogP contribution in [0, 0.1) is 5.92 Å². The number of nitrogens with zero attached hydrogens (tertiary/aromatic N) is 5. The predicted molar refractivity (Wildman–Crippen MR) is 117 cm³/mol. The molecule has 8 heteroatoms. The highest BCUT2D eigenvalue weighted by Crippen LogP contribution is 2.36. The molecule has 2 aromatic carbocycles. The SMILES string of the molecule is CC(C)CNC(=O)CN1C(c2ccc(Cl)cc2)=CC(c2ccccc2)n2nnnc21. The lowest BCUT2D eigenvalue weighted by atomic mass is 10.0. The van der Waals surface area contributed by atoms with Gasteiger partial charge >= 0.3 is 0 Å². The number of aromatic nitrogens is 4. The monoisotopic (exact) mass is 422 g/mol. The number of tetrazole rings is 1. The van der Waals surface area contributed by atoms with Crippen molar-refractivity contribution < 1.29 is 4.79 Å². The van der Waals surface area contributed by atoms with Crippen LogP contribution in [0.3, 0.4) is 0 Å². The summed E-state index contributed by atoms with van der Waals surface area (Å²) in [5.41, 5.74) is 2.86. The first-order valence-corrected chi connectivity index (χ1v) is 10.3. The zero-order chi connectivity index (χ0) is 21.1. The summed E-state index contributed by atoms with van der Waals surface area (Å²) in [7, 11) is 0. The maximum Gasteiger partial charge on any atom is 0.251 e. The minimum absolute atomic E-state index is 0.0868. The van der Waals surface area contributed by atoms with Crippen LogP contribution in [-0.2, 0) is 4.79 Å². The lowest BCUT2D eigenvalue weighted by molar-refractivity contribution is -0.119. The number of anilines is 1. The van der Waals surface area contributed by atoms with Crippen molar-refractivity contribution in [3.63, 3.8) is 0 Å². The summed E-state index contributed by atoms with van der Waals surface area (Å²) in [4.78, 5) is 14.5. The van der Waals surface area contributed by atoms with Gasteiger partial charge in [0.15, 0.2) is 0 Å². The number of hydrogen-bond acceptors (Lipinski definition) is 5. The molecule has 30 heavy (non-hydrogen) atoms. The Bertz CT molecular complexity index is 1050. The van der Waals surface area contributed by atoms with E-state index in [2.05, 4.69) is 40.8 Å². The van der Waals surface area contributed by atoms with Crippen molar-refractivity contribution in [2.45, 2.75) is 19.9 Å². The Kier molecular flexibility index (Phi) is 5.81. The van der Waals surface area contributed by atoms with Crippen molar-refractivity contribution in [2.24, 2.45) is 5.92 Å². The van der Waals surface area contributed by atoms with E-state index < -0.39 is 0 Å². The number of benzene rings is 2. The van der Waals surface area contributed by atoms with Crippen molar-refractivity contribution in [2.75, 3.05) is 18.0 Å². The van der Waals surface area contributed by atoms with Gasteiger partial charge in [0.1, 0.15) is 12.6 Å². The van der Waals surface area contributed by atoms with Gasteiger partial charge in [-0.05, 0) is 45.7 Å². The van der Waals surface area contributed by atoms with Crippen LogP contribution in [0.25, 0.3) is 5.70 Å². The summed E-state index contributed by atoms with van der Waals surface area (Å²) in [6.45, 7) is 4.85. The molecule has 7 nitrogen and oxygen atoms in total. The molecule has 1 amide bonds. The van der Waals surface area contributed by atoms with Crippen LogP contribution in [0.2, 0.25) is 5.02 Å². The quantitative estimate of drug-likeness (QED) is 0.657. The fourth-order valence-electron chi connectivity index (χ4n) is 3.40. The minimum Gasteiger partial charge on any atom is -0.354 e. The van der Waals surface area contributed by atoms with Crippen molar-refractivity contribution in [3.8, 4) is 0 Å². The zero-order valence-electron chi connectivity index (χ0n) is 16.9. The maximum absolute atomic E-state index is 12.7. The molecule has 1 atom stereocenters. The van der Waals surface area contributed by atoms with E-state index in [1.807, 2.05) is 59.5 Å². The molecule has 2 heterocycles. The Morgan fingerprint density at radius 3 is 2.57 bits per heavy atom. The molecule has 4 rings (SSSR count). The first-order chi connectivity index (χ1) is 14.5. The second kappa shape index (κ2) is 8.67. The first-order valence-electron chi connectivity index (χ1n) is 9.87. The molecule has 1 N–H and O–H groups in total. The van der Waals surface area contributed by atoms with Gasteiger partial charge in [-0.1, -0.05) is 73.0 Å². The van der Waals surface area contributed by atoms with Crippen molar-refractivity contribution in [3.05, 3.63) is 76.8 Å². The van der Waals surface area contributed by atoms with Gasteiger partial charge in [-0.3, -0.25) is 9.69 Å². The second-order valence-corrected chi connectivity index (χ2v) is 8.06. The number of carbonyl (C=O) groups is 1. The number of allylic oxidation sites excluding steroid dienone is 1. The molecule has 3 aromatic rings. The second-order valence-electron chi connectivity index (χ2n) is 7.62. The van der Waals surface area contributed by atoms with E-state index in [0.717, 1.165) is 16.8 Å². The number of hydrogen-bond donors (Lipinski definition) is 1. The molecule has 154 valence electrons. The summed E-state index contributed by atoms with van der Waals surface area (Å²) in [6, 6.07) is 17.4. The maximum atomic E-state index is 12.7. The fourth-order valence-corrected chi connectivity index (χ4v) is 3.52. The van der Waals surface area contributed by atoms with Gasteiger partial charge in [-0.15, -0.1) is 0 Å². The van der Waals surface area contributed by atoms with Crippen LogP contribution in [-0.4, -0.2) is 39.2 Å². The normalized spacial score (nSPS) is 15.7. The Balaban J connectivity index is 1.75. The third kappa shape index (κ3) is 4.21. The van der Waals surface area contributed by atoms with E-state index in [1.165, 1.54) is 0 Å². The number of nitrogens with one attached hydrogen (secondary N) is 1. The third-order valence-electron chi connectivity index (χ3n) is 4.88. The van der Waals surface area contributed by atoms with E-state index in [1.54, 1.807) is 4.68 Å². The number of amides is 1. The average molecular weight is 423 g/mol. The molecule has 0 saturated carbocycles. The predicted octanol–water partition coefficient (Wildman–Crippen LogP) is 3.55. The van der Waals surface area contributed by atoms with Crippen molar-refractivity contribution in [1.29, 1.82) is 0 Å². The summed E-state index contributed by atoms with van der Waals surface area (Å²) in [5, 5.41) is 16.0. The van der Waals surface area contributed by atoms with Gasteiger partial charge in [0.2, 0.25) is 5.91 Å². The topological polar surface area (TPSA) is 75.9 Å². The third-order valence-corrected chi connectivity index (χ3v) is 5.13. The van der Waals surface area contributed by atoms with Gasteiger partial charge in [0.25, 0.3) is 5.95 Å². The lowest BCUT2D eigenvalue weighted by Crippen LogP contribution is -2.41. The molecule has 0 radical (unpaired) electrons. The number of fused-ring (bicyclic) bond motifs is 1. The van der Waals surface area contributed by atoms with Crippen LogP contribution in [0.5, 0.6) is 0 Å². The van der Waals surface area contributed by atoms with Gasteiger partial charge in [0.05, 0.1) is 5.70 Å². The summed E-state index contributed by atoms with van der Waals surface area (Å²) < 4.78 is 1.74. The molecule has 0 saturated heterocycles. The van der Waals surface area contributed by atoms with Crippen LogP contribution < -0.4 is 10.2 Å². The van der Waals surface area contributed by atoms with Crippen molar-refractivity contribution in [1.82, 2.24) is 25.5 Å². The zero-order valence-corrected chi connectivity index (χ0v) is 17.6. The molecule has 1 aliphatic heterocycles. The van der Waals surface area contributed by atoms with Crippen molar-refractivity contribution >= 4 is 29.2 Å². The highest BCUT2D eigenvalue weighted by Gasteiger charge is 2.31. The highest BCUT2D eigenvalue weighted by atomic mass is 35.5. The molecule has 0 fully saturated rings. The first kappa shape index (κ1) is 20.1. The Morgan fingerprint density at radius 1 is 1.13 bits per heavy atom. The molecule has 0 bridgehead atoms. The van der Waals surface area contributed by atoms with Crippen LogP contribution >= 0.6 is 11.6 Å². The number of rotatable bonds is 6. The Labute approximate surface area is 180 Å². The van der Waals surface area contributed by atoms with E-state index in [4.69, 9.17) is 11.6 Å². The largest absolute Gasteiger partial charge is 0.354 e. The molecular weight excluding hydrogens is 400 g/mol. The van der Waals surface area contributed by atoms with E-state index in [0.29, 0.717) is 23.4 Å². The Hall–Kier alpha value is -3.19. The summed E-state index contributed by atoms with van der Waals surface area (Å²) >= 11 is 6.10. The lowest BCUT2D eigenvalue weighted by Gasteiger charge is -2.32. The molecular formula is C22H23ClN6O. The standard InChI is InChI=1S/C22H23ClN6O/c1-15(2)13-24-21(30)14-28-19(17-8-10-18(23)11-9-17)12-20(16-6-4-3-5-7-16)29-22(28)25-26-27-29/h3-12,15,20H,13-14H2,1-2H3,(H,24,30). The molecule has 0 aliphatic carbocycles. The minimum atomic E-state index is -0.183. The Morgan fingerprint density at radius 2 is 1.87 bits per heavy atom. The summed E-state index contributed by atoms with van der Waals surface area (Å²) in [6.07, 6.45) is 2.08. The number of halogens is 1. The molecule has 1 aromatic heterocycles. The van der Waals surface area contributed by atoms with E-state index >= 15 is 0 Å². The van der Waals surface area contributed by atoms with Gasteiger partial charge in [-0.25, -0.2) is 0 Å². The highest BCUT2D eigenvalue weighted by molar-refractivity contribution is 6.30. The summed E-state index contributed by atoms with van der Waals surface area (Å²) in [5.74, 6) is 0.807. The van der Waals surface area contributed by atoms with Crippen LogP contribution in [0.1, 0.15) is 31.0 Å². The molecule has 1 aliphatic rings.